The second-order valence-corrected chi connectivity index (χ2v) is 6.04. The maximum absolute atomic E-state index is 12.3. The Hall–Kier alpha value is -1.40. The Morgan fingerprint density at radius 2 is 2.05 bits per heavy atom. The third kappa shape index (κ3) is 3.87. The molecule has 0 spiro atoms. The Bertz CT molecular complexity index is 488. The average molecular weight is 308 g/mol. The van der Waals surface area contributed by atoms with Gasteiger partial charge in [-0.15, -0.1) is 0 Å². The van der Waals surface area contributed by atoms with Crippen LogP contribution in [0, 0.1) is 6.92 Å². The van der Waals surface area contributed by atoms with Crippen molar-refractivity contribution in [1.29, 1.82) is 0 Å². The molecule has 1 N–H and O–H groups in total. The minimum Gasteiger partial charge on any atom is -0.395 e. The number of amides is 1. The van der Waals surface area contributed by atoms with Gasteiger partial charge in [0.25, 0.3) is 0 Å². The molecule has 1 aromatic heterocycles. The van der Waals surface area contributed by atoms with Gasteiger partial charge >= 0.3 is 0 Å². The number of piperazine rings is 1. The van der Waals surface area contributed by atoms with Gasteiger partial charge in [0.1, 0.15) is 0 Å². The van der Waals surface area contributed by atoms with E-state index in [9.17, 15) is 9.90 Å². The minimum atomic E-state index is 0.199. The molecule has 1 fully saturated rings. The van der Waals surface area contributed by atoms with E-state index >= 15 is 0 Å². The van der Waals surface area contributed by atoms with Gasteiger partial charge in [-0.3, -0.25) is 14.4 Å². The second-order valence-electron chi connectivity index (χ2n) is 6.04. The summed E-state index contributed by atoms with van der Waals surface area (Å²) in [6.07, 6.45) is 4.11. The number of aromatic nitrogens is 2. The molecular weight excluding hydrogens is 280 g/mol. The molecule has 124 valence electrons. The first-order valence-electron chi connectivity index (χ1n) is 8.17. The zero-order valence-corrected chi connectivity index (χ0v) is 14.0. The monoisotopic (exact) mass is 308 g/mol. The van der Waals surface area contributed by atoms with Crippen molar-refractivity contribution >= 4 is 5.91 Å². The first kappa shape index (κ1) is 17.0. The van der Waals surface area contributed by atoms with Gasteiger partial charge in [0.05, 0.1) is 12.8 Å². The van der Waals surface area contributed by atoms with Gasteiger partial charge in [0.2, 0.25) is 5.91 Å². The summed E-state index contributed by atoms with van der Waals surface area (Å²) in [5.41, 5.74) is 2.28. The van der Waals surface area contributed by atoms with E-state index in [-0.39, 0.29) is 18.6 Å². The van der Waals surface area contributed by atoms with E-state index in [4.69, 9.17) is 0 Å². The molecule has 1 saturated heterocycles. The lowest BCUT2D eigenvalue weighted by atomic mass is 10.1. The fraction of sp³-hybridized carbons (Fsp3) is 0.750. The fourth-order valence-electron chi connectivity index (χ4n) is 3.03. The summed E-state index contributed by atoms with van der Waals surface area (Å²) in [6.45, 7) is 7.57. The average Bonchev–Trinajstić information content (AvgIpc) is 2.86. The van der Waals surface area contributed by atoms with Crippen LogP contribution >= 0.6 is 0 Å². The lowest BCUT2D eigenvalue weighted by Crippen LogP contribution is -2.52. The van der Waals surface area contributed by atoms with Gasteiger partial charge in [-0.2, -0.15) is 5.10 Å². The zero-order valence-electron chi connectivity index (χ0n) is 14.0. The summed E-state index contributed by atoms with van der Waals surface area (Å²) in [7, 11) is 1.92. The molecule has 0 aromatic carbocycles. The number of carbonyl (C=O) groups excluding carboxylic acids is 1. The summed E-state index contributed by atoms with van der Waals surface area (Å²) in [4.78, 5) is 16.6. The predicted molar refractivity (Wildman–Crippen MR) is 85.6 cm³/mol. The highest BCUT2D eigenvalue weighted by atomic mass is 16.3. The van der Waals surface area contributed by atoms with Crippen LogP contribution in [0.2, 0.25) is 0 Å². The second kappa shape index (κ2) is 7.74. The minimum absolute atomic E-state index is 0.199. The molecule has 1 amide bonds. The number of hydrogen-bond donors (Lipinski definition) is 1. The summed E-state index contributed by atoms with van der Waals surface area (Å²) < 4.78 is 1.85. The van der Waals surface area contributed by atoms with Crippen molar-refractivity contribution in [3.8, 4) is 0 Å². The van der Waals surface area contributed by atoms with Crippen LogP contribution in [0.3, 0.4) is 0 Å². The van der Waals surface area contributed by atoms with Crippen LogP contribution in [0.25, 0.3) is 0 Å². The SMILES string of the molecule is CCC(CO)N1CCN(C(=O)CCc2cnn(C)c2C)CC1. The third-order valence-corrected chi connectivity index (χ3v) is 4.81. The van der Waals surface area contributed by atoms with Crippen LogP contribution in [-0.2, 0) is 18.3 Å². The van der Waals surface area contributed by atoms with Crippen molar-refractivity contribution < 1.29 is 9.90 Å². The fourth-order valence-corrected chi connectivity index (χ4v) is 3.03. The molecule has 1 atom stereocenters. The van der Waals surface area contributed by atoms with E-state index in [0.717, 1.165) is 50.3 Å². The van der Waals surface area contributed by atoms with E-state index in [2.05, 4.69) is 16.9 Å². The first-order valence-corrected chi connectivity index (χ1v) is 8.17. The van der Waals surface area contributed by atoms with Gasteiger partial charge in [0.15, 0.2) is 0 Å². The van der Waals surface area contributed by atoms with Crippen molar-refractivity contribution in [3.63, 3.8) is 0 Å². The van der Waals surface area contributed by atoms with Crippen LogP contribution < -0.4 is 0 Å². The molecular formula is C16H28N4O2. The van der Waals surface area contributed by atoms with Crippen molar-refractivity contribution in [1.82, 2.24) is 19.6 Å². The lowest BCUT2D eigenvalue weighted by Gasteiger charge is -2.38. The number of aliphatic hydroxyl groups is 1. The molecule has 6 nitrogen and oxygen atoms in total. The quantitative estimate of drug-likeness (QED) is 0.835. The number of rotatable bonds is 6. The third-order valence-electron chi connectivity index (χ3n) is 4.81. The van der Waals surface area contributed by atoms with E-state index in [1.807, 2.05) is 29.7 Å². The molecule has 1 unspecified atom stereocenters. The lowest BCUT2D eigenvalue weighted by molar-refractivity contribution is -0.133. The molecule has 0 aliphatic carbocycles. The largest absolute Gasteiger partial charge is 0.395 e. The Kier molecular flexibility index (Phi) is 5.97. The van der Waals surface area contributed by atoms with E-state index in [0.29, 0.717) is 6.42 Å². The molecule has 2 heterocycles. The van der Waals surface area contributed by atoms with E-state index < -0.39 is 0 Å². The molecule has 0 bridgehead atoms. The summed E-state index contributed by atoms with van der Waals surface area (Å²) in [5, 5.41) is 13.6. The highest BCUT2D eigenvalue weighted by molar-refractivity contribution is 5.76. The van der Waals surface area contributed by atoms with Gasteiger partial charge in [-0.05, 0) is 25.3 Å². The molecule has 1 aliphatic rings. The molecule has 1 aromatic rings. The van der Waals surface area contributed by atoms with Crippen molar-refractivity contribution in [2.45, 2.75) is 39.2 Å². The molecule has 22 heavy (non-hydrogen) atoms. The molecule has 6 heteroatoms. The maximum Gasteiger partial charge on any atom is 0.222 e. The van der Waals surface area contributed by atoms with Crippen LogP contribution in [0.4, 0.5) is 0 Å². The van der Waals surface area contributed by atoms with Gasteiger partial charge in [-0.1, -0.05) is 6.92 Å². The summed E-state index contributed by atoms with van der Waals surface area (Å²) >= 11 is 0. The first-order chi connectivity index (χ1) is 10.6. The van der Waals surface area contributed by atoms with Crippen molar-refractivity contribution in [2.24, 2.45) is 7.05 Å². The topological polar surface area (TPSA) is 61.6 Å². The molecule has 0 saturated carbocycles. The number of nitrogens with zero attached hydrogens (tertiary/aromatic N) is 4. The Morgan fingerprint density at radius 3 is 2.55 bits per heavy atom. The summed E-state index contributed by atoms with van der Waals surface area (Å²) in [6, 6.07) is 0.232. The van der Waals surface area contributed by atoms with E-state index in [1.54, 1.807) is 0 Å². The zero-order chi connectivity index (χ0) is 16.1. The summed E-state index contributed by atoms with van der Waals surface area (Å²) in [5.74, 6) is 0.222. The smallest absolute Gasteiger partial charge is 0.222 e. The normalized spacial score (nSPS) is 17.7. The highest BCUT2D eigenvalue weighted by Crippen LogP contribution is 2.13. The van der Waals surface area contributed by atoms with Crippen LogP contribution in [-0.4, -0.2) is 69.4 Å². The maximum atomic E-state index is 12.3. The Morgan fingerprint density at radius 1 is 1.36 bits per heavy atom. The van der Waals surface area contributed by atoms with Gasteiger partial charge < -0.3 is 10.0 Å². The Labute approximate surface area is 132 Å². The van der Waals surface area contributed by atoms with Crippen LogP contribution in [0.1, 0.15) is 31.0 Å². The molecule has 0 radical (unpaired) electrons. The van der Waals surface area contributed by atoms with Crippen LogP contribution in [0.5, 0.6) is 0 Å². The number of aryl methyl sites for hydroxylation is 2. The van der Waals surface area contributed by atoms with Gasteiger partial charge in [-0.25, -0.2) is 0 Å². The predicted octanol–water partition coefficient (Wildman–Crippen LogP) is 0.576. The van der Waals surface area contributed by atoms with Crippen LogP contribution in [0.15, 0.2) is 6.20 Å². The number of hydrogen-bond acceptors (Lipinski definition) is 4. The van der Waals surface area contributed by atoms with E-state index in [1.165, 1.54) is 0 Å². The van der Waals surface area contributed by atoms with Crippen molar-refractivity contribution in [2.75, 3.05) is 32.8 Å². The standard InChI is InChI=1S/C16H28N4O2/c1-4-15(12-21)19-7-9-20(10-8-19)16(22)6-5-14-11-17-18(3)13(14)2/h11,15,21H,4-10,12H2,1-3H3. The molecule has 1 aliphatic heterocycles. The molecule has 2 rings (SSSR count). The van der Waals surface area contributed by atoms with Gasteiger partial charge in [0, 0.05) is 51.4 Å². The Balaban J connectivity index is 1.79. The number of aliphatic hydroxyl groups excluding tert-OH is 1. The van der Waals surface area contributed by atoms with Crippen molar-refractivity contribution in [3.05, 3.63) is 17.5 Å². The number of carbonyl (C=O) groups is 1. The highest BCUT2D eigenvalue weighted by Gasteiger charge is 2.24.